The van der Waals surface area contributed by atoms with Gasteiger partial charge in [-0.3, -0.25) is 4.79 Å². The van der Waals surface area contributed by atoms with E-state index in [2.05, 4.69) is 5.32 Å². The molecule has 0 radical (unpaired) electrons. The maximum atomic E-state index is 12.2. The Morgan fingerprint density at radius 3 is 2.81 bits per heavy atom. The summed E-state index contributed by atoms with van der Waals surface area (Å²) in [6.45, 7) is 4.41. The maximum absolute atomic E-state index is 12.2. The van der Waals surface area contributed by atoms with Crippen LogP contribution in [0.4, 0.5) is 5.00 Å². The van der Waals surface area contributed by atoms with Crippen molar-refractivity contribution in [2.75, 3.05) is 18.5 Å². The van der Waals surface area contributed by atoms with Gasteiger partial charge in [0, 0.05) is 5.92 Å². The molecule has 1 atom stereocenters. The summed E-state index contributed by atoms with van der Waals surface area (Å²) in [5, 5.41) is 5.43. The van der Waals surface area contributed by atoms with Crippen LogP contribution in [0, 0.1) is 5.92 Å². The summed E-state index contributed by atoms with van der Waals surface area (Å²) in [6.07, 6.45) is 2.82. The quantitative estimate of drug-likeness (QED) is 0.759. The number of hydrogen-bond acceptors (Lipinski definition) is 5. The highest BCUT2D eigenvalue weighted by molar-refractivity contribution is 7.15. The van der Waals surface area contributed by atoms with E-state index < -0.39 is 0 Å². The van der Waals surface area contributed by atoms with Gasteiger partial charge in [-0.1, -0.05) is 6.92 Å². The van der Waals surface area contributed by atoms with Gasteiger partial charge in [-0.05, 0) is 49.6 Å². The van der Waals surface area contributed by atoms with Gasteiger partial charge in [-0.25, -0.2) is 4.79 Å². The standard InChI is InChI=1S/C15H22N2O3S/c1-3-20-15(19)12-11(10-4-5-10)8-21-14(12)17-13(18)9(2)6-7-16/h8-10H,3-7,16H2,1-2H3,(H,17,18). The number of amides is 1. The van der Waals surface area contributed by atoms with Crippen molar-refractivity contribution in [1.82, 2.24) is 0 Å². The van der Waals surface area contributed by atoms with Crippen LogP contribution in [-0.2, 0) is 9.53 Å². The van der Waals surface area contributed by atoms with Crippen LogP contribution in [0.25, 0.3) is 0 Å². The molecule has 0 spiro atoms. The third-order valence-electron chi connectivity index (χ3n) is 3.60. The molecule has 1 saturated carbocycles. The van der Waals surface area contributed by atoms with Crippen molar-refractivity contribution in [3.63, 3.8) is 0 Å². The molecule has 1 aliphatic rings. The third-order valence-corrected chi connectivity index (χ3v) is 4.51. The van der Waals surface area contributed by atoms with E-state index in [1.54, 1.807) is 6.92 Å². The number of esters is 1. The number of carbonyl (C=O) groups is 2. The highest BCUT2D eigenvalue weighted by atomic mass is 32.1. The number of hydrogen-bond donors (Lipinski definition) is 2. The minimum absolute atomic E-state index is 0.102. The van der Waals surface area contributed by atoms with Crippen LogP contribution < -0.4 is 11.1 Å². The number of nitrogens with two attached hydrogens (primary N) is 1. The Kier molecular flexibility index (Phi) is 5.36. The van der Waals surface area contributed by atoms with Crippen LogP contribution in [0.1, 0.15) is 54.9 Å². The Labute approximate surface area is 128 Å². The second kappa shape index (κ2) is 7.04. The van der Waals surface area contributed by atoms with E-state index in [-0.39, 0.29) is 17.8 Å². The Morgan fingerprint density at radius 2 is 2.24 bits per heavy atom. The summed E-state index contributed by atoms with van der Waals surface area (Å²) >= 11 is 1.40. The smallest absolute Gasteiger partial charge is 0.341 e. The second-order valence-electron chi connectivity index (χ2n) is 5.36. The van der Waals surface area contributed by atoms with Gasteiger partial charge in [-0.15, -0.1) is 11.3 Å². The Morgan fingerprint density at radius 1 is 1.52 bits per heavy atom. The van der Waals surface area contributed by atoms with Gasteiger partial charge in [0.25, 0.3) is 0 Å². The van der Waals surface area contributed by atoms with Crippen molar-refractivity contribution in [1.29, 1.82) is 0 Å². The van der Waals surface area contributed by atoms with Gasteiger partial charge in [0.2, 0.25) is 5.91 Å². The van der Waals surface area contributed by atoms with Crippen LogP contribution >= 0.6 is 11.3 Å². The van der Waals surface area contributed by atoms with Gasteiger partial charge >= 0.3 is 5.97 Å². The molecule has 0 bridgehead atoms. The van der Waals surface area contributed by atoms with E-state index >= 15 is 0 Å². The average Bonchev–Trinajstić information content (AvgIpc) is 3.20. The van der Waals surface area contributed by atoms with Crippen LogP contribution in [0.2, 0.25) is 0 Å². The van der Waals surface area contributed by atoms with E-state index in [9.17, 15) is 9.59 Å². The number of ether oxygens (including phenoxy) is 1. The molecule has 5 nitrogen and oxygen atoms in total. The normalized spacial score (nSPS) is 15.6. The van der Waals surface area contributed by atoms with Crippen molar-refractivity contribution in [2.45, 2.75) is 39.0 Å². The fourth-order valence-electron chi connectivity index (χ4n) is 2.19. The highest BCUT2D eigenvalue weighted by Gasteiger charge is 2.32. The molecule has 1 unspecified atom stereocenters. The van der Waals surface area contributed by atoms with Crippen LogP contribution in [0.3, 0.4) is 0 Å². The summed E-state index contributed by atoms with van der Waals surface area (Å²) in [4.78, 5) is 24.3. The van der Waals surface area contributed by atoms with Gasteiger partial charge in [0.05, 0.1) is 12.2 Å². The molecule has 1 amide bonds. The molecule has 116 valence electrons. The van der Waals surface area contributed by atoms with Crippen LogP contribution in [0.5, 0.6) is 0 Å². The Bertz CT molecular complexity index is 523. The van der Waals surface area contributed by atoms with Gasteiger partial charge in [0.1, 0.15) is 5.00 Å². The molecule has 1 fully saturated rings. The molecule has 0 saturated heterocycles. The fraction of sp³-hybridized carbons (Fsp3) is 0.600. The molecule has 1 heterocycles. The molecule has 0 aromatic carbocycles. The van der Waals surface area contributed by atoms with E-state index in [4.69, 9.17) is 10.5 Å². The summed E-state index contributed by atoms with van der Waals surface area (Å²) in [5.41, 5.74) is 7.03. The largest absolute Gasteiger partial charge is 0.462 e. The van der Waals surface area contributed by atoms with E-state index in [1.807, 2.05) is 12.3 Å². The lowest BCUT2D eigenvalue weighted by Gasteiger charge is -2.12. The molecule has 1 aromatic rings. The predicted octanol–water partition coefficient (Wildman–Crippen LogP) is 2.73. The van der Waals surface area contributed by atoms with Crippen molar-refractivity contribution in [2.24, 2.45) is 11.7 Å². The first-order chi connectivity index (χ1) is 10.1. The van der Waals surface area contributed by atoms with Crippen molar-refractivity contribution in [3.05, 3.63) is 16.5 Å². The number of carbonyl (C=O) groups excluding carboxylic acids is 2. The zero-order valence-electron chi connectivity index (χ0n) is 12.5. The van der Waals surface area contributed by atoms with E-state index in [1.165, 1.54) is 11.3 Å². The number of thiophene rings is 1. The van der Waals surface area contributed by atoms with Gasteiger partial charge < -0.3 is 15.8 Å². The molecule has 1 aliphatic carbocycles. The maximum Gasteiger partial charge on any atom is 0.341 e. The fourth-order valence-corrected chi connectivity index (χ4v) is 3.22. The number of anilines is 1. The first-order valence-electron chi connectivity index (χ1n) is 7.37. The number of nitrogens with one attached hydrogen (secondary N) is 1. The monoisotopic (exact) mass is 310 g/mol. The van der Waals surface area contributed by atoms with Crippen LogP contribution in [-0.4, -0.2) is 25.0 Å². The topological polar surface area (TPSA) is 81.4 Å². The summed E-state index contributed by atoms with van der Waals surface area (Å²) in [7, 11) is 0. The van der Waals surface area contributed by atoms with Crippen molar-refractivity contribution < 1.29 is 14.3 Å². The van der Waals surface area contributed by atoms with Gasteiger partial charge in [0.15, 0.2) is 0 Å². The SMILES string of the molecule is CCOC(=O)c1c(C2CC2)csc1NC(=O)C(C)CCN. The minimum atomic E-state index is -0.345. The average molecular weight is 310 g/mol. The summed E-state index contributed by atoms with van der Waals surface area (Å²) < 4.78 is 5.13. The van der Waals surface area contributed by atoms with E-state index in [0.717, 1.165) is 18.4 Å². The first kappa shape index (κ1) is 16.0. The second-order valence-corrected chi connectivity index (χ2v) is 6.24. The third kappa shape index (κ3) is 3.83. The molecule has 2 rings (SSSR count). The highest BCUT2D eigenvalue weighted by Crippen LogP contribution is 2.46. The zero-order chi connectivity index (χ0) is 15.4. The molecule has 1 aromatic heterocycles. The minimum Gasteiger partial charge on any atom is -0.462 e. The lowest BCUT2D eigenvalue weighted by atomic mass is 10.1. The lowest BCUT2D eigenvalue weighted by Crippen LogP contribution is -2.23. The molecule has 6 heteroatoms. The molecule has 0 aliphatic heterocycles. The van der Waals surface area contributed by atoms with Crippen molar-refractivity contribution in [3.8, 4) is 0 Å². The Balaban J connectivity index is 2.18. The predicted molar refractivity (Wildman–Crippen MR) is 83.7 cm³/mol. The van der Waals surface area contributed by atoms with Crippen molar-refractivity contribution >= 4 is 28.2 Å². The number of rotatable bonds is 7. The summed E-state index contributed by atoms with van der Waals surface area (Å²) in [6, 6.07) is 0. The Hall–Kier alpha value is -1.40. The van der Waals surface area contributed by atoms with Gasteiger partial charge in [-0.2, -0.15) is 0 Å². The molecular formula is C15H22N2O3S. The first-order valence-corrected chi connectivity index (χ1v) is 8.25. The summed E-state index contributed by atoms with van der Waals surface area (Å²) in [5.74, 6) is -0.179. The van der Waals surface area contributed by atoms with Crippen LogP contribution in [0.15, 0.2) is 5.38 Å². The van der Waals surface area contributed by atoms with E-state index in [0.29, 0.717) is 36.1 Å². The lowest BCUT2D eigenvalue weighted by molar-refractivity contribution is -0.119. The molecule has 3 N–H and O–H groups in total. The molecule has 21 heavy (non-hydrogen) atoms. The zero-order valence-corrected chi connectivity index (χ0v) is 13.3. The molecular weight excluding hydrogens is 288 g/mol.